The fraction of sp³-hybridized carbons (Fsp3) is 0.762. The Bertz CT molecular complexity index is 613. The molecule has 3 saturated carbocycles. The minimum atomic E-state index is -0.508. The van der Waals surface area contributed by atoms with Gasteiger partial charge in [-0.3, -0.25) is 4.79 Å². The quantitative estimate of drug-likeness (QED) is 0.671. The van der Waals surface area contributed by atoms with Gasteiger partial charge in [-0.1, -0.05) is 26.0 Å². The molecule has 0 aromatic rings. The number of aliphatic hydroxyl groups is 1. The second kappa shape index (κ2) is 4.59. The Morgan fingerprint density at radius 1 is 1.13 bits per heavy atom. The Kier molecular flexibility index (Phi) is 3.12. The minimum Gasteiger partial charge on any atom is -0.390 e. The molecule has 4 aliphatic rings. The first-order valence-corrected chi connectivity index (χ1v) is 9.35. The fourth-order valence-corrected chi connectivity index (χ4v) is 6.84. The number of fused-ring (bicyclic) bond motifs is 5. The molecule has 2 heteroatoms. The molecular formula is C21H30O2. The highest BCUT2D eigenvalue weighted by Gasteiger charge is 2.62. The predicted molar refractivity (Wildman–Crippen MR) is 91.9 cm³/mol. The van der Waals surface area contributed by atoms with Crippen molar-refractivity contribution in [3.05, 3.63) is 23.8 Å². The molecular weight excluding hydrogens is 284 g/mol. The lowest BCUT2D eigenvalue weighted by atomic mass is 9.46. The van der Waals surface area contributed by atoms with Crippen LogP contribution in [0.1, 0.15) is 65.7 Å². The molecule has 4 aliphatic carbocycles. The monoisotopic (exact) mass is 314 g/mol. The van der Waals surface area contributed by atoms with Crippen molar-refractivity contribution < 1.29 is 9.90 Å². The Labute approximate surface area is 140 Å². The van der Waals surface area contributed by atoms with Gasteiger partial charge in [0.1, 0.15) is 0 Å². The molecule has 0 radical (unpaired) electrons. The summed E-state index contributed by atoms with van der Waals surface area (Å²) in [6, 6.07) is 0. The number of allylic oxidation sites excluding steroid dienone is 2. The first-order chi connectivity index (χ1) is 10.7. The Balaban J connectivity index is 1.72. The topological polar surface area (TPSA) is 37.3 Å². The second-order valence-electron chi connectivity index (χ2n) is 9.42. The van der Waals surface area contributed by atoms with Gasteiger partial charge in [-0.05, 0) is 92.1 Å². The van der Waals surface area contributed by atoms with Gasteiger partial charge in [-0.25, -0.2) is 0 Å². The zero-order valence-electron chi connectivity index (χ0n) is 14.8. The van der Waals surface area contributed by atoms with Gasteiger partial charge in [0, 0.05) is 0 Å². The number of hydrogen-bond acceptors (Lipinski definition) is 2. The lowest BCUT2D eigenvalue weighted by Crippen LogP contribution is -2.54. The first kappa shape index (κ1) is 15.6. The van der Waals surface area contributed by atoms with E-state index in [9.17, 15) is 9.90 Å². The highest BCUT2D eigenvalue weighted by atomic mass is 16.3. The third-order valence-corrected chi connectivity index (χ3v) is 8.53. The third-order valence-electron chi connectivity index (χ3n) is 8.53. The number of hydrogen-bond donors (Lipinski definition) is 1. The summed E-state index contributed by atoms with van der Waals surface area (Å²) in [7, 11) is 0. The Hall–Kier alpha value is -0.890. The van der Waals surface area contributed by atoms with E-state index in [0.29, 0.717) is 17.8 Å². The summed E-state index contributed by atoms with van der Waals surface area (Å²) in [5, 5.41) is 10.9. The van der Waals surface area contributed by atoms with Crippen LogP contribution in [-0.2, 0) is 4.79 Å². The zero-order valence-corrected chi connectivity index (χ0v) is 14.8. The van der Waals surface area contributed by atoms with Gasteiger partial charge in [0.05, 0.1) is 5.60 Å². The maximum atomic E-state index is 12.1. The molecule has 0 aliphatic heterocycles. The van der Waals surface area contributed by atoms with Crippen LogP contribution in [-0.4, -0.2) is 16.5 Å². The molecule has 2 nitrogen and oxygen atoms in total. The third kappa shape index (κ3) is 1.88. The van der Waals surface area contributed by atoms with E-state index in [2.05, 4.69) is 27.4 Å². The number of ketones is 1. The largest absolute Gasteiger partial charge is 0.390 e. The van der Waals surface area contributed by atoms with Gasteiger partial charge in [-0.2, -0.15) is 0 Å². The fourth-order valence-electron chi connectivity index (χ4n) is 6.84. The molecule has 6 atom stereocenters. The van der Waals surface area contributed by atoms with E-state index >= 15 is 0 Å². The lowest BCUT2D eigenvalue weighted by molar-refractivity contribution is -0.120. The summed E-state index contributed by atoms with van der Waals surface area (Å²) in [6.45, 7) is 10.8. The van der Waals surface area contributed by atoms with E-state index in [1.54, 1.807) is 0 Å². The van der Waals surface area contributed by atoms with Crippen molar-refractivity contribution in [3.63, 3.8) is 0 Å². The van der Waals surface area contributed by atoms with Crippen LogP contribution in [0.2, 0.25) is 0 Å². The van der Waals surface area contributed by atoms with E-state index < -0.39 is 5.60 Å². The van der Waals surface area contributed by atoms with Gasteiger partial charge in [0.2, 0.25) is 0 Å². The molecule has 0 amide bonds. The Morgan fingerprint density at radius 3 is 2.57 bits per heavy atom. The van der Waals surface area contributed by atoms with Gasteiger partial charge < -0.3 is 5.11 Å². The molecule has 0 saturated heterocycles. The molecule has 0 bridgehead atoms. The van der Waals surface area contributed by atoms with Crippen molar-refractivity contribution in [3.8, 4) is 0 Å². The van der Waals surface area contributed by atoms with Crippen LogP contribution >= 0.6 is 0 Å². The number of carbonyl (C=O) groups excluding carboxylic acids is 1. The normalized spacial score (nSPS) is 52.5. The average molecular weight is 314 g/mol. The van der Waals surface area contributed by atoms with Crippen molar-refractivity contribution in [1.82, 2.24) is 0 Å². The van der Waals surface area contributed by atoms with Gasteiger partial charge in [0.15, 0.2) is 5.78 Å². The van der Waals surface area contributed by atoms with Gasteiger partial charge in [-0.15, -0.1) is 0 Å². The summed E-state index contributed by atoms with van der Waals surface area (Å²) in [5.74, 6) is 2.14. The predicted octanol–water partition coefficient (Wildman–Crippen LogP) is 4.44. The summed E-state index contributed by atoms with van der Waals surface area (Å²) >= 11 is 0. The molecule has 126 valence electrons. The van der Waals surface area contributed by atoms with E-state index in [0.717, 1.165) is 31.3 Å². The van der Waals surface area contributed by atoms with Crippen molar-refractivity contribution in [2.75, 3.05) is 0 Å². The van der Waals surface area contributed by atoms with Crippen LogP contribution in [0.3, 0.4) is 0 Å². The van der Waals surface area contributed by atoms with Crippen LogP contribution in [0.4, 0.5) is 0 Å². The van der Waals surface area contributed by atoms with E-state index in [1.165, 1.54) is 24.8 Å². The molecule has 4 rings (SSSR count). The van der Waals surface area contributed by atoms with Crippen LogP contribution < -0.4 is 0 Å². The molecule has 23 heavy (non-hydrogen) atoms. The van der Waals surface area contributed by atoms with Crippen molar-refractivity contribution in [2.24, 2.45) is 28.6 Å². The van der Waals surface area contributed by atoms with Crippen LogP contribution in [0, 0.1) is 28.6 Å². The summed E-state index contributed by atoms with van der Waals surface area (Å²) < 4.78 is 0. The van der Waals surface area contributed by atoms with Crippen LogP contribution in [0.25, 0.3) is 0 Å². The standard InChI is InChI=1S/C21H30O2/c1-13-12-19(2)14(11-18(13)22)5-6-15-16(19)7-9-20(3)17(15)8-10-21(20,4)23/h11,15-17,23H,1,5-10,12H2,2-4H3/t15-,16+,17-,19-,20-,21+/m1/s1. The van der Waals surface area contributed by atoms with Crippen molar-refractivity contribution in [1.29, 1.82) is 0 Å². The summed E-state index contributed by atoms with van der Waals surface area (Å²) in [6.07, 6.45) is 9.42. The molecule has 3 fully saturated rings. The van der Waals surface area contributed by atoms with Gasteiger partial charge >= 0.3 is 0 Å². The number of rotatable bonds is 0. The minimum absolute atomic E-state index is 0.0766. The molecule has 0 spiro atoms. The SMILES string of the molecule is C=C1C[C@]2(C)C(=CC1=O)CC[C@H]1[C@H]3CC[C@](C)(O)[C@]3(C)CC[C@@H]12. The van der Waals surface area contributed by atoms with Crippen molar-refractivity contribution in [2.45, 2.75) is 71.3 Å². The van der Waals surface area contributed by atoms with E-state index in [1.807, 2.05) is 6.08 Å². The summed E-state index contributed by atoms with van der Waals surface area (Å²) in [5.41, 5.74) is 1.87. The summed E-state index contributed by atoms with van der Waals surface area (Å²) in [4.78, 5) is 12.1. The zero-order chi connectivity index (χ0) is 16.6. The average Bonchev–Trinajstić information content (AvgIpc) is 2.71. The van der Waals surface area contributed by atoms with E-state index in [4.69, 9.17) is 0 Å². The maximum absolute atomic E-state index is 12.1. The smallest absolute Gasteiger partial charge is 0.181 e. The van der Waals surface area contributed by atoms with Gasteiger partial charge in [0.25, 0.3) is 0 Å². The van der Waals surface area contributed by atoms with Crippen molar-refractivity contribution >= 4 is 5.78 Å². The first-order valence-electron chi connectivity index (χ1n) is 9.35. The second-order valence-corrected chi connectivity index (χ2v) is 9.42. The molecule has 0 aromatic heterocycles. The molecule has 0 aromatic carbocycles. The lowest BCUT2D eigenvalue weighted by Gasteiger charge is -2.59. The number of carbonyl (C=O) groups is 1. The van der Waals surface area contributed by atoms with E-state index in [-0.39, 0.29) is 16.6 Å². The van der Waals surface area contributed by atoms with Crippen LogP contribution in [0.5, 0.6) is 0 Å². The molecule has 0 unspecified atom stereocenters. The molecule has 1 N–H and O–H groups in total. The highest BCUT2D eigenvalue weighted by molar-refractivity contribution is 6.05. The molecule has 0 heterocycles. The maximum Gasteiger partial charge on any atom is 0.181 e. The highest BCUT2D eigenvalue weighted by Crippen LogP contribution is 2.67. The van der Waals surface area contributed by atoms with Crippen LogP contribution in [0.15, 0.2) is 23.8 Å². The Morgan fingerprint density at radius 2 is 1.83 bits per heavy atom.